The van der Waals surface area contributed by atoms with Gasteiger partial charge in [-0.2, -0.15) is 0 Å². The number of ether oxygens (including phenoxy) is 1. The molecule has 6 heteroatoms. The Kier molecular flexibility index (Phi) is 5.22. The molecule has 2 saturated heterocycles. The quantitative estimate of drug-likeness (QED) is 0.779. The zero-order valence-corrected chi connectivity index (χ0v) is 12.7. The van der Waals surface area contributed by atoms with Gasteiger partial charge in [0.05, 0.1) is 18.1 Å². The number of rotatable bonds is 5. The zero-order valence-electron chi connectivity index (χ0n) is 11.9. The summed E-state index contributed by atoms with van der Waals surface area (Å²) in [5.41, 5.74) is 0.171. The van der Waals surface area contributed by atoms with Gasteiger partial charge in [-0.05, 0) is 25.9 Å². The van der Waals surface area contributed by atoms with E-state index in [1.165, 1.54) is 0 Å². The van der Waals surface area contributed by atoms with Crippen molar-refractivity contribution >= 4 is 9.84 Å². The average molecular weight is 290 g/mol. The Morgan fingerprint density at radius 3 is 2.84 bits per heavy atom. The summed E-state index contributed by atoms with van der Waals surface area (Å²) in [4.78, 5) is 2.32. The topological polar surface area (TPSA) is 58.6 Å². The summed E-state index contributed by atoms with van der Waals surface area (Å²) in [6.45, 7) is 8.20. The van der Waals surface area contributed by atoms with Crippen molar-refractivity contribution in [2.75, 3.05) is 57.4 Å². The molecule has 2 heterocycles. The van der Waals surface area contributed by atoms with E-state index in [0.717, 1.165) is 52.2 Å². The molecule has 1 atom stereocenters. The van der Waals surface area contributed by atoms with Crippen molar-refractivity contribution in [3.63, 3.8) is 0 Å². The van der Waals surface area contributed by atoms with E-state index in [2.05, 4.69) is 17.1 Å². The normalized spacial score (nSPS) is 32.3. The summed E-state index contributed by atoms with van der Waals surface area (Å²) in [5, 5.41) is 3.43. The van der Waals surface area contributed by atoms with Crippen LogP contribution in [0.5, 0.6) is 0 Å². The van der Waals surface area contributed by atoms with E-state index in [4.69, 9.17) is 4.74 Å². The maximum absolute atomic E-state index is 11.6. The molecule has 112 valence electrons. The first-order valence-electron chi connectivity index (χ1n) is 7.27. The Balaban J connectivity index is 1.93. The molecule has 0 saturated carbocycles. The second-order valence-electron chi connectivity index (χ2n) is 5.86. The second-order valence-corrected chi connectivity index (χ2v) is 8.17. The van der Waals surface area contributed by atoms with E-state index in [1.54, 1.807) is 0 Å². The second kappa shape index (κ2) is 6.52. The predicted molar refractivity (Wildman–Crippen MR) is 76.1 cm³/mol. The van der Waals surface area contributed by atoms with Gasteiger partial charge in [0.15, 0.2) is 9.84 Å². The monoisotopic (exact) mass is 290 g/mol. The van der Waals surface area contributed by atoms with Gasteiger partial charge in [-0.25, -0.2) is 8.42 Å². The van der Waals surface area contributed by atoms with Crippen molar-refractivity contribution in [1.82, 2.24) is 10.2 Å². The fourth-order valence-electron chi connectivity index (χ4n) is 2.98. The number of sulfone groups is 1. The van der Waals surface area contributed by atoms with Gasteiger partial charge in [0.2, 0.25) is 0 Å². The number of nitrogens with zero attached hydrogens (tertiary/aromatic N) is 1. The highest BCUT2D eigenvalue weighted by molar-refractivity contribution is 7.91. The van der Waals surface area contributed by atoms with Crippen LogP contribution in [0.2, 0.25) is 0 Å². The molecule has 2 aliphatic rings. The van der Waals surface area contributed by atoms with Crippen LogP contribution in [0.3, 0.4) is 0 Å². The van der Waals surface area contributed by atoms with E-state index in [-0.39, 0.29) is 5.41 Å². The standard InChI is InChI=1S/C13H26N2O3S/c1-2-14-10-13(4-7-18-12-13)11-15-5-3-8-19(16,17)9-6-15/h14H,2-12H2,1H3. The summed E-state index contributed by atoms with van der Waals surface area (Å²) >= 11 is 0. The Morgan fingerprint density at radius 1 is 1.32 bits per heavy atom. The molecule has 1 unspecified atom stereocenters. The van der Waals surface area contributed by atoms with Crippen LogP contribution in [0.15, 0.2) is 0 Å². The van der Waals surface area contributed by atoms with E-state index in [0.29, 0.717) is 18.1 Å². The molecule has 2 aliphatic heterocycles. The molecule has 5 nitrogen and oxygen atoms in total. The molecule has 0 bridgehead atoms. The minimum atomic E-state index is -2.81. The molecule has 0 radical (unpaired) electrons. The molecule has 0 aliphatic carbocycles. The van der Waals surface area contributed by atoms with Crippen LogP contribution in [-0.4, -0.2) is 70.8 Å². The molecule has 0 spiro atoms. The summed E-state index contributed by atoms with van der Waals surface area (Å²) < 4.78 is 28.9. The summed E-state index contributed by atoms with van der Waals surface area (Å²) in [6, 6.07) is 0. The lowest BCUT2D eigenvalue weighted by Gasteiger charge is -2.33. The lowest BCUT2D eigenvalue weighted by Crippen LogP contribution is -2.45. The van der Waals surface area contributed by atoms with Crippen molar-refractivity contribution in [3.8, 4) is 0 Å². The lowest BCUT2D eigenvalue weighted by molar-refractivity contribution is 0.112. The minimum absolute atomic E-state index is 0.171. The van der Waals surface area contributed by atoms with Crippen molar-refractivity contribution in [2.24, 2.45) is 5.41 Å². The Labute approximate surface area is 116 Å². The molecule has 0 amide bonds. The summed E-state index contributed by atoms with van der Waals surface area (Å²) in [5.74, 6) is 0.658. The molecule has 0 aromatic heterocycles. The first-order valence-corrected chi connectivity index (χ1v) is 9.09. The van der Waals surface area contributed by atoms with Gasteiger partial charge in [0.1, 0.15) is 0 Å². The van der Waals surface area contributed by atoms with Gasteiger partial charge in [-0.1, -0.05) is 6.92 Å². The van der Waals surface area contributed by atoms with Crippen molar-refractivity contribution in [2.45, 2.75) is 19.8 Å². The molecule has 0 aromatic carbocycles. The van der Waals surface area contributed by atoms with Crippen LogP contribution in [0.4, 0.5) is 0 Å². The zero-order chi connectivity index (χ0) is 13.8. The molecule has 19 heavy (non-hydrogen) atoms. The summed E-state index contributed by atoms with van der Waals surface area (Å²) in [6.07, 6.45) is 1.84. The van der Waals surface area contributed by atoms with Crippen molar-refractivity contribution in [3.05, 3.63) is 0 Å². The Morgan fingerprint density at radius 2 is 2.16 bits per heavy atom. The smallest absolute Gasteiger partial charge is 0.151 e. The highest BCUT2D eigenvalue weighted by Crippen LogP contribution is 2.29. The lowest BCUT2D eigenvalue weighted by atomic mass is 9.86. The van der Waals surface area contributed by atoms with Crippen LogP contribution < -0.4 is 5.32 Å². The van der Waals surface area contributed by atoms with Crippen molar-refractivity contribution < 1.29 is 13.2 Å². The predicted octanol–water partition coefficient (Wildman–Crippen LogP) is 0.123. The molecule has 1 N–H and O–H groups in total. The third-order valence-electron chi connectivity index (χ3n) is 4.14. The van der Waals surface area contributed by atoms with Gasteiger partial charge < -0.3 is 15.0 Å². The van der Waals surface area contributed by atoms with Gasteiger partial charge >= 0.3 is 0 Å². The van der Waals surface area contributed by atoms with Crippen LogP contribution in [0, 0.1) is 5.41 Å². The van der Waals surface area contributed by atoms with Gasteiger partial charge in [-0.15, -0.1) is 0 Å². The van der Waals surface area contributed by atoms with E-state index in [1.807, 2.05) is 0 Å². The third kappa shape index (κ3) is 4.41. The molecule has 2 rings (SSSR count). The Hall–Kier alpha value is -0.170. The molecular formula is C13H26N2O3S. The van der Waals surface area contributed by atoms with Gasteiger partial charge in [0, 0.05) is 31.7 Å². The number of hydrogen-bond acceptors (Lipinski definition) is 5. The highest BCUT2D eigenvalue weighted by Gasteiger charge is 2.36. The van der Waals surface area contributed by atoms with Crippen LogP contribution in [-0.2, 0) is 14.6 Å². The molecular weight excluding hydrogens is 264 g/mol. The largest absolute Gasteiger partial charge is 0.381 e. The number of hydrogen-bond donors (Lipinski definition) is 1. The van der Waals surface area contributed by atoms with Gasteiger partial charge in [-0.3, -0.25) is 0 Å². The van der Waals surface area contributed by atoms with Crippen LogP contribution >= 0.6 is 0 Å². The van der Waals surface area contributed by atoms with E-state index in [9.17, 15) is 8.42 Å². The van der Waals surface area contributed by atoms with Crippen LogP contribution in [0.25, 0.3) is 0 Å². The highest BCUT2D eigenvalue weighted by atomic mass is 32.2. The maximum atomic E-state index is 11.6. The Bertz CT molecular complexity index is 377. The van der Waals surface area contributed by atoms with E-state index < -0.39 is 9.84 Å². The average Bonchev–Trinajstić information content (AvgIpc) is 2.75. The van der Waals surface area contributed by atoms with E-state index >= 15 is 0 Å². The maximum Gasteiger partial charge on any atom is 0.151 e. The fourth-order valence-corrected chi connectivity index (χ4v) is 4.29. The fraction of sp³-hybridized carbons (Fsp3) is 1.00. The van der Waals surface area contributed by atoms with Crippen molar-refractivity contribution in [1.29, 1.82) is 0 Å². The van der Waals surface area contributed by atoms with Gasteiger partial charge in [0.25, 0.3) is 0 Å². The first-order chi connectivity index (χ1) is 9.05. The summed E-state index contributed by atoms with van der Waals surface area (Å²) in [7, 11) is -2.81. The molecule has 0 aromatic rings. The SMILES string of the molecule is CCNCC1(CN2CCCS(=O)(=O)CC2)CCOC1. The first kappa shape index (κ1) is 15.2. The minimum Gasteiger partial charge on any atom is -0.381 e. The molecule has 2 fully saturated rings. The number of nitrogens with one attached hydrogen (secondary N) is 1. The van der Waals surface area contributed by atoms with Crippen LogP contribution in [0.1, 0.15) is 19.8 Å². The third-order valence-corrected chi connectivity index (χ3v) is 5.86.